The summed E-state index contributed by atoms with van der Waals surface area (Å²) in [5.74, 6) is 0.344. The summed E-state index contributed by atoms with van der Waals surface area (Å²) in [7, 11) is 1.90. The van der Waals surface area contributed by atoms with E-state index in [-0.39, 0.29) is 6.09 Å². The predicted octanol–water partition coefficient (Wildman–Crippen LogP) is 1.59. The van der Waals surface area contributed by atoms with Crippen LogP contribution in [0.4, 0.5) is 4.79 Å². The molecule has 23 heavy (non-hydrogen) atoms. The van der Waals surface area contributed by atoms with Crippen LogP contribution in [0.1, 0.15) is 31.7 Å². The summed E-state index contributed by atoms with van der Waals surface area (Å²) in [5.41, 5.74) is 1.40. The van der Waals surface area contributed by atoms with Crippen molar-refractivity contribution >= 4 is 6.09 Å². The highest BCUT2D eigenvalue weighted by Crippen LogP contribution is 2.12. The predicted molar refractivity (Wildman–Crippen MR) is 85.6 cm³/mol. The number of nitrogens with zero attached hydrogens (tertiary/aromatic N) is 5. The maximum atomic E-state index is 12.1. The summed E-state index contributed by atoms with van der Waals surface area (Å²) in [6, 6.07) is 2.13. The van der Waals surface area contributed by atoms with E-state index in [9.17, 15) is 4.79 Å². The van der Waals surface area contributed by atoms with Crippen LogP contribution in [0.15, 0.2) is 6.33 Å². The van der Waals surface area contributed by atoms with Crippen LogP contribution < -0.4 is 0 Å². The van der Waals surface area contributed by atoms with Crippen molar-refractivity contribution < 1.29 is 9.53 Å². The van der Waals surface area contributed by atoms with Crippen LogP contribution in [0.2, 0.25) is 0 Å². The summed E-state index contributed by atoms with van der Waals surface area (Å²) < 4.78 is 7.19. The first-order valence-electron chi connectivity index (χ1n) is 8.05. The highest BCUT2D eigenvalue weighted by Gasteiger charge is 2.22. The van der Waals surface area contributed by atoms with Crippen molar-refractivity contribution in [2.45, 2.75) is 26.8 Å². The second-order valence-corrected chi connectivity index (χ2v) is 6.35. The molecule has 1 aliphatic rings. The summed E-state index contributed by atoms with van der Waals surface area (Å²) in [5, 5.41) is 9.12. The first-order chi connectivity index (χ1) is 11.0. The topological polar surface area (TPSA) is 74.4 Å². The molecule has 0 aliphatic carbocycles. The first-order valence-corrected chi connectivity index (χ1v) is 8.05. The van der Waals surface area contributed by atoms with E-state index in [1.54, 1.807) is 11.2 Å². The number of hydrogen-bond acceptors (Lipinski definition) is 5. The van der Waals surface area contributed by atoms with Crippen molar-refractivity contribution in [3.8, 4) is 6.07 Å². The molecule has 7 heteroatoms. The Bertz CT molecular complexity index is 576. The molecule has 0 spiro atoms. The molecule has 2 rings (SSSR count). The molecule has 1 saturated heterocycles. The maximum absolute atomic E-state index is 12.1. The number of amides is 1. The fraction of sp³-hybridized carbons (Fsp3) is 0.688. The van der Waals surface area contributed by atoms with E-state index < -0.39 is 0 Å². The Labute approximate surface area is 137 Å². The lowest BCUT2D eigenvalue weighted by atomic mass is 10.2. The van der Waals surface area contributed by atoms with Gasteiger partial charge in [-0.2, -0.15) is 5.26 Å². The largest absolute Gasteiger partial charge is 0.449 e. The van der Waals surface area contributed by atoms with Gasteiger partial charge >= 0.3 is 6.09 Å². The standard InChI is InChI=1S/C16H25N5O2/c1-13(2)11-23-16(22)21-6-4-5-20(7-8-21)10-15-14(9-17)18-12-19(15)3/h12-13H,4-8,10-11H2,1-3H3. The fourth-order valence-electron chi connectivity index (χ4n) is 2.59. The normalized spacial score (nSPS) is 16.2. The van der Waals surface area contributed by atoms with E-state index in [2.05, 4.69) is 16.0 Å². The second-order valence-electron chi connectivity index (χ2n) is 6.35. The molecule has 0 unspecified atom stereocenters. The minimum atomic E-state index is -0.223. The van der Waals surface area contributed by atoms with E-state index in [1.807, 2.05) is 25.5 Å². The second kappa shape index (κ2) is 7.97. The van der Waals surface area contributed by atoms with Crippen molar-refractivity contribution in [3.05, 3.63) is 17.7 Å². The smallest absolute Gasteiger partial charge is 0.409 e. The van der Waals surface area contributed by atoms with Gasteiger partial charge in [0.1, 0.15) is 6.07 Å². The third-order valence-electron chi connectivity index (χ3n) is 3.93. The van der Waals surface area contributed by atoms with Crippen LogP contribution in [-0.2, 0) is 18.3 Å². The minimum absolute atomic E-state index is 0.223. The lowest BCUT2D eigenvalue weighted by molar-refractivity contribution is 0.0930. The molecule has 1 aromatic heterocycles. The molecule has 1 aromatic rings. The molecule has 126 valence electrons. The molecular weight excluding hydrogens is 294 g/mol. The van der Waals surface area contributed by atoms with Crippen molar-refractivity contribution in [1.82, 2.24) is 19.4 Å². The number of carbonyl (C=O) groups is 1. The zero-order valence-corrected chi connectivity index (χ0v) is 14.2. The summed E-state index contributed by atoms with van der Waals surface area (Å²) in [6.07, 6.45) is 2.34. The number of carbonyl (C=O) groups excluding carboxylic acids is 1. The van der Waals surface area contributed by atoms with Gasteiger partial charge in [-0.25, -0.2) is 9.78 Å². The SMILES string of the molecule is CC(C)COC(=O)N1CCCN(Cc2c(C#N)ncn2C)CC1. The quantitative estimate of drug-likeness (QED) is 0.842. The van der Waals surface area contributed by atoms with Gasteiger partial charge in [0.2, 0.25) is 0 Å². The zero-order chi connectivity index (χ0) is 16.8. The Morgan fingerprint density at radius 2 is 2.17 bits per heavy atom. The summed E-state index contributed by atoms with van der Waals surface area (Å²) in [6.45, 7) is 8.21. The molecular formula is C16H25N5O2. The Balaban J connectivity index is 1.90. The van der Waals surface area contributed by atoms with Gasteiger partial charge in [0, 0.05) is 39.8 Å². The molecule has 0 radical (unpaired) electrons. The molecule has 0 bridgehead atoms. The fourth-order valence-corrected chi connectivity index (χ4v) is 2.59. The molecule has 7 nitrogen and oxygen atoms in total. The van der Waals surface area contributed by atoms with Crippen LogP contribution in [0, 0.1) is 17.2 Å². The van der Waals surface area contributed by atoms with Gasteiger partial charge in [0.15, 0.2) is 5.69 Å². The number of aryl methyl sites for hydroxylation is 1. The highest BCUT2D eigenvalue weighted by atomic mass is 16.6. The number of ether oxygens (including phenoxy) is 1. The Kier molecular flexibility index (Phi) is 5.99. The van der Waals surface area contributed by atoms with Gasteiger partial charge in [-0.05, 0) is 12.3 Å². The Hall–Kier alpha value is -2.07. The van der Waals surface area contributed by atoms with Crippen molar-refractivity contribution in [3.63, 3.8) is 0 Å². The maximum Gasteiger partial charge on any atom is 0.409 e. The molecule has 0 atom stereocenters. The molecule has 2 heterocycles. The molecule has 1 aliphatic heterocycles. The Morgan fingerprint density at radius 3 is 2.87 bits per heavy atom. The number of nitriles is 1. The molecule has 0 saturated carbocycles. The van der Waals surface area contributed by atoms with E-state index in [0.717, 1.165) is 25.2 Å². The van der Waals surface area contributed by atoms with Gasteiger partial charge in [0.05, 0.1) is 18.6 Å². The van der Waals surface area contributed by atoms with Gasteiger partial charge in [-0.3, -0.25) is 4.90 Å². The van der Waals surface area contributed by atoms with Gasteiger partial charge in [-0.15, -0.1) is 0 Å². The van der Waals surface area contributed by atoms with E-state index in [0.29, 0.717) is 37.9 Å². The van der Waals surface area contributed by atoms with Gasteiger partial charge < -0.3 is 14.2 Å². The summed E-state index contributed by atoms with van der Waals surface area (Å²) in [4.78, 5) is 20.2. The lowest BCUT2D eigenvalue weighted by Crippen LogP contribution is -2.36. The van der Waals surface area contributed by atoms with Crippen LogP contribution in [0.25, 0.3) is 0 Å². The van der Waals surface area contributed by atoms with Crippen LogP contribution in [0.5, 0.6) is 0 Å². The van der Waals surface area contributed by atoms with Gasteiger partial charge in [-0.1, -0.05) is 13.8 Å². The number of hydrogen-bond donors (Lipinski definition) is 0. The highest BCUT2D eigenvalue weighted by molar-refractivity contribution is 5.67. The van der Waals surface area contributed by atoms with E-state index in [4.69, 9.17) is 10.00 Å². The molecule has 0 aromatic carbocycles. The number of imidazole rings is 1. The molecule has 1 amide bonds. The van der Waals surface area contributed by atoms with Gasteiger partial charge in [0.25, 0.3) is 0 Å². The molecule has 0 N–H and O–H groups in total. The minimum Gasteiger partial charge on any atom is -0.449 e. The molecule has 1 fully saturated rings. The Morgan fingerprint density at radius 1 is 1.39 bits per heavy atom. The van der Waals surface area contributed by atoms with Crippen molar-refractivity contribution in [2.24, 2.45) is 13.0 Å². The third kappa shape index (κ3) is 4.70. The zero-order valence-electron chi connectivity index (χ0n) is 14.2. The van der Waals surface area contributed by atoms with Crippen molar-refractivity contribution in [1.29, 1.82) is 5.26 Å². The average Bonchev–Trinajstić information content (AvgIpc) is 2.73. The third-order valence-corrected chi connectivity index (χ3v) is 3.93. The van der Waals surface area contributed by atoms with Crippen LogP contribution in [-0.4, -0.2) is 58.2 Å². The van der Waals surface area contributed by atoms with Crippen LogP contribution in [0.3, 0.4) is 0 Å². The lowest BCUT2D eigenvalue weighted by Gasteiger charge is -2.22. The average molecular weight is 319 g/mol. The number of aromatic nitrogens is 2. The van der Waals surface area contributed by atoms with Crippen LogP contribution >= 0.6 is 0 Å². The number of rotatable bonds is 4. The monoisotopic (exact) mass is 319 g/mol. The van der Waals surface area contributed by atoms with E-state index >= 15 is 0 Å². The summed E-state index contributed by atoms with van der Waals surface area (Å²) >= 11 is 0. The van der Waals surface area contributed by atoms with E-state index in [1.165, 1.54) is 0 Å². The van der Waals surface area contributed by atoms with Crippen molar-refractivity contribution in [2.75, 3.05) is 32.8 Å². The first kappa shape index (κ1) is 17.3.